The zero-order chi connectivity index (χ0) is 17.4. The highest BCUT2D eigenvalue weighted by atomic mass is 16.7. The van der Waals surface area contributed by atoms with Crippen molar-refractivity contribution in [3.63, 3.8) is 0 Å². The quantitative estimate of drug-likeness (QED) is 0.584. The molecule has 0 saturated carbocycles. The molecule has 0 atom stereocenters. The van der Waals surface area contributed by atoms with Crippen molar-refractivity contribution in [2.75, 3.05) is 13.4 Å². The Kier molecular flexibility index (Phi) is 3.65. The van der Waals surface area contributed by atoms with E-state index in [4.69, 9.17) is 14.2 Å². The molecule has 4 rings (SSSR count). The normalized spacial score (nSPS) is 12.4. The van der Waals surface area contributed by atoms with Crippen molar-refractivity contribution in [2.45, 2.75) is 6.92 Å². The summed E-state index contributed by atoms with van der Waals surface area (Å²) in [5.41, 5.74) is 2.50. The molecule has 1 aliphatic heterocycles. The van der Waals surface area contributed by atoms with Crippen LogP contribution < -0.4 is 9.47 Å². The number of ketones is 1. The number of Topliss-reactive ketones (excluding diaryl/α,β-unsaturated/α-hetero) is 1. The number of aromatic nitrogens is 1. The molecule has 0 amide bonds. The Morgan fingerprint density at radius 2 is 1.92 bits per heavy atom. The summed E-state index contributed by atoms with van der Waals surface area (Å²) < 4.78 is 15.6. The molecule has 0 unspecified atom stereocenters. The minimum atomic E-state index is -0.579. The lowest BCUT2D eigenvalue weighted by Gasteiger charge is -2.05. The first-order valence-corrected chi connectivity index (χ1v) is 7.81. The number of rotatable bonds is 4. The Balaban J connectivity index is 1.50. The van der Waals surface area contributed by atoms with Crippen LogP contribution in [-0.4, -0.2) is 30.1 Å². The molecular weight excluding hydrogens is 322 g/mol. The van der Waals surface area contributed by atoms with E-state index in [0.717, 1.165) is 16.6 Å². The van der Waals surface area contributed by atoms with E-state index >= 15 is 0 Å². The van der Waals surface area contributed by atoms with Crippen molar-refractivity contribution < 1.29 is 23.8 Å². The van der Waals surface area contributed by atoms with Crippen molar-refractivity contribution in [1.29, 1.82) is 0 Å². The first kappa shape index (κ1) is 15.3. The molecule has 3 aromatic rings. The molecule has 25 heavy (non-hydrogen) atoms. The summed E-state index contributed by atoms with van der Waals surface area (Å²) in [7, 11) is 0. The van der Waals surface area contributed by atoms with Crippen LogP contribution in [0, 0.1) is 6.92 Å². The van der Waals surface area contributed by atoms with Crippen molar-refractivity contribution in [3.8, 4) is 11.5 Å². The zero-order valence-electron chi connectivity index (χ0n) is 13.5. The number of esters is 1. The molecule has 6 nitrogen and oxygen atoms in total. The summed E-state index contributed by atoms with van der Waals surface area (Å²) in [5, 5.41) is 0.823. The van der Waals surface area contributed by atoms with Crippen molar-refractivity contribution in [2.24, 2.45) is 0 Å². The van der Waals surface area contributed by atoms with E-state index in [9.17, 15) is 9.59 Å². The Bertz CT molecular complexity index is 989. The van der Waals surface area contributed by atoms with Crippen LogP contribution in [0.1, 0.15) is 26.4 Å². The summed E-state index contributed by atoms with van der Waals surface area (Å²) in [6.45, 7) is 1.63. The van der Waals surface area contributed by atoms with Crippen LogP contribution in [-0.2, 0) is 4.74 Å². The summed E-state index contributed by atoms with van der Waals surface area (Å²) in [6, 6.07) is 12.3. The van der Waals surface area contributed by atoms with Gasteiger partial charge in [0, 0.05) is 22.2 Å². The number of aromatic amines is 1. The van der Waals surface area contributed by atoms with E-state index < -0.39 is 5.97 Å². The van der Waals surface area contributed by atoms with Gasteiger partial charge in [0.1, 0.15) is 0 Å². The Labute approximate surface area is 143 Å². The van der Waals surface area contributed by atoms with Crippen LogP contribution in [0.3, 0.4) is 0 Å². The van der Waals surface area contributed by atoms with Crippen LogP contribution in [0.4, 0.5) is 0 Å². The maximum Gasteiger partial charge on any atom is 0.338 e. The maximum absolute atomic E-state index is 12.5. The van der Waals surface area contributed by atoms with E-state index in [-0.39, 0.29) is 19.2 Å². The van der Waals surface area contributed by atoms with Gasteiger partial charge in [0.05, 0.1) is 5.56 Å². The fraction of sp³-hybridized carbons (Fsp3) is 0.158. The van der Waals surface area contributed by atoms with E-state index in [1.54, 1.807) is 18.2 Å². The SMILES string of the molecule is Cc1[nH]c2ccccc2c1C(=O)COC(=O)c1ccc2c(c1)OCO2. The number of ether oxygens (including phenoxy) is 3. The predicted molar refractivity (Wildman–Crippen MR) is 90.2 cm³/mol. The number of carbonyl (C=O) groups excluding carboxylic acids is 2. The molecule has 0 spiro atoms. The number of H-pyrrole nitrogens is 1. The molecule has 126 valence electrons. The third-order valence-electron chi connectivity index (χ3n) is 4.12. The van der Waals surface area contributed by atoms with Gasteiger partial charge in [-0.15, -0.1) is 0 Å². The highest BCUT2D eigenvalue weighted by Gasteiger charge is 2.20. The second-order valence-corrected chi connectivity index (χ2v) is 5.74. The average molecular weight is 337 g/mol. The van der Waals surface area contributed by atoms with Gasteiger partial charge in [-0.2, -0.15) is 0 Å². The zero-order valence-corrected chi connectivity index (χ0v) is 13.5. The number of benzene rings is 2. The topological polar surface area (TPSA) is 77.6 Å². The Morgan fingerprint density at radius 3 is 2.80 bits per heavy atom. The predicted octanol–water partition coefficient (Wildman–Crippen LogP) is 3.24. The molecule has 1 N–H and O–H groups in total. The molecule has 0 saturated heterocycles. The average Bonchev–Trinajstić information content (AvgIpc) is 3.21. The summed E-state index contributed by atoms with van der Waals surface area (Å²) in [5.74, 6) is 0.253. The molecule has 1 aromatic heterocycles. The third-order valence-corrected chi connectivity index (χ3v) is 4.12. The molecule has 2 aromatic carbocycles. The first-order valence-electron chi connectivity index (χ1n) is 7.81. The van der Waals surface area contributed by atoms with Crippen molar-refractivity contribution in [3.05, 3.63) is 59.3 Å². The van der Waals surface area contributed by atoms with Gasteiger partial charge in [0.15, 0.2) is 18.1 Å². The number of carbonyl (C=O) groups is 2. The standard InChI is InChI=1S/C19H15NO5/c1-11-18(13-4-2-3-5-14(13)20-11)15(21)9-23-19(22)12-6-7-16-17(8-12)25-10-24-16/h2-8,20H,9-10H2,1H3. The molecule has 0 fully saturated rings. The summed E-state index contributed by atoms with van der Waals surface area (Å²) in [6.07, 6.45) is 0. The largest absolute Gasteiger partial charge is 0.454 e. The number of fused-ring (bicyclic) bond motifs is 2. The van der Waals surface area contributed by atoms with Crippen LogP contribution in [0.2, 0.25) is 0 Å². The van der Waals surface area contributed by atoms with Crippen LogP contribution in [0.15, 0.2) is 42.5 Å². The molecule has 1 aliphatic rings. The molecule has 6 heteroatoms. The molecule has 0 bridgehead atoms. The first-order chi connectivity index (χ1) is 12.1. The van der Waals surface area contributed by atoms with Crippen LogP contribution >= 0.6 is 0 Å². The number of hydrogen-bond donors (Lipinski definition) is 1. The van der Waals surface area contributed by atoms with Crippen molar-refractivity contribution in [1.82, 2.24) is 4.98 Å². The maximum atomic E-state index is 12.5. The van der Waals surface area contributed by atoms with Gasteiger partial charge < -0.3 is 19.2 Å². The van der Waals surface area contributed by atoms with Gasteiger partial charge in [-0.05, 0) is 31.2 Å². The number of nitrogens with one attached hydrogen (secondary N) is 1. The van der Waals surface area contributed by atoms with Crippen molar-refractivity contribution >= 4 is 22.7 Å². The lowest BCUT2D eigenvalue weighted by atomic mass is 10.1. The minimum Gasteiger partial charge on any atom is -0.454 e. The van der Waals surface area contributed by atoms with E-state index in [1.165, 1.54) is 0 Å². The summed E-state index contributed by atoms with van der Waals surface area (Å²) in [4.78, 5) is 27.9. The second-order valence-electron chi connectivity index (χ2n) is 5.74. The molecule has 0 radical (unpaired) electrons. The van der Waals surface area contributed by atoms with Gasteiger partial charge in [-0.25, -0.2) is 4.79 Å². The van der Waals surface area contributed by atoms with Gasteiger partial charge in [0.25, 0.3) is 0 Å². The Morgan fingerprint density at radius 1 is 1.12 bits per heavy atom. The molecular formula is C19H15NO5. The van der Waals surface area contributed by atoms with Gasteiger partial charge in [-0.3, -0.25) is 4.79 Å². The van der Waals surface area contributed by atoms with Gasteiger partial charge in [-0.1, -0.05) is 18.2 Å². The summed E-state index contributed by atoms with van der Waals surface area (Å²) >= 11 is 0. The number of para-hydroxylation sites is 1. The van der Waals surface area contributed by atoms with Gasteiger partial charge >= 0.3 is 5.97 Å². The van der Waals surface area contributed by atoms with Gasteiger partial charge in [0.2, 0.25) is 12.6 Å². The monoisotopic (exact) mass is 337 g/mol. The lowest BCUT2D eigenvalue weighted by molar-refractivity contribution is 0.0474. The van der Waals surface area contributed by atoms with Crippen LogP contribution in [0.25, 0.3) is 10.9 Å². The smallest absolute Gasteiger partial charge is 0.338 e. The fourth-order valence-electron chi connectivity index (χ4n) is 2.95. The van der Waals surface area contributed by atoms with E-state index in [0.29, 0.717) is 22.6 Å². The number of hydrogen-bond acceptors (Lipinski definition) is 5. The number of aryl methyl sites for hydroxylation is 1. The van der Waals surface area contributed by atoms with E-state index in [2.05, 4.69) is 4.98 Å². The molecule has 2 heterocycles. The minimum absolute atomic E-state index is 0.131. The lowest BCUT2D eigenvalue weighted by Crippen LogP contribution is -2.14. The molecule has 0 aliphatic carbocycles. The Hall–Kier alpha value is -3.28. The highest BCUT2D eigenvalue weighted by molar-refractivity contribution is 6.10. The second kappa shape index (κ2) is 5.98. The highest BCUT2D eigenvalue weighted by Crippen LogP contribution is 2.32. The van der Waals surface area contributed by atoms with E-state index in [1.807, 2.05) is 31.2 Å². The fourth-order valence-corrected chi connectivity index (χ4v) is 2.95. The van der Waals surface area contributed by atoms with Crippen LogP contribution in [0.5, 0.6) is 11.5 Å². The third kappa shape index (κ3) is 2.71.